The molecule has 1 N–H and O–H groups in total. The molecule has 0 aromatic heterocycles. The van der Waals surface area contributed by atoms with Gasteiger partial charge in [-0.25, -0.2) is 0 Å². The molecule has 5 heteroatoms. The van der Waals surface area contributed by atoms with E-state index in [9.17, 15) is 8.78 Å². The molecule has 0 aliphatic rings. The second-order valence-corrected chi connectivity index (χ2v) is 4.08. The van der Waals surface area contributed by atoms with Gasteiger partial charge in [0.05, 0.1) is 6.61 Å². The Bertz CT molecular complexity index is 558. The van der Waals surface area contributed by atoms with Crippen LogP contribution in [0.1, 0.15) is 11.1 Å². The number of rotatable bonds is 6. The molecule has 0 atom stereocenters. The fraction of sp³-hybridized carbons (Fsp3) is 0.200. The maximum Gasteiger partial charge on any atom is 0.387 e. The van der Waals surface area contributed by atoms with Crippen LogP contribution in [0.15, 0.2) is 48.5 Å². The van der Waals surface area contributed by atoms with Crippen LogP contribution in [0.25, 0.3) is 0 Å². The first-order valence-electron chi connectivity index (χ1n) is 6.04. The van der Waals surface area contributed by atoms with Gasteiger partial charge < -0.3 is 14.6 Å². The summed E-state index contributed by atoms with van der Waals surface area (Å²) in [6, 6.07) is 13.4. The van der Waals surface area contributed by atoms with Gasteiger partial charge in [0, 0.05) is 5.56 Å². The second-order valence-electron chi connectivity index (χ2n) is 4.08. The molecule has 0 amide bonds. The highest BCUT2D eigenvalue weighted by Gasteiger charge is 2.09. The summed E-state index contributed by atoms with van der Waals surface area (Å²) in [6.07, 6.45) is 0. The van der Waals surface area contributed by atoms with Crippen molar-refractivity contribution in [3.63, 3.8) is 0 Å². The second kappa shape index (κ2) is 6.86. The number of halogens is 2. The molecule has 0 unspecified atom stereocenters. The molecule has 0 bridgehead atoms. The minimum atomic E-state index is -2.87. The van der Waals surface area contributed by atoms with E-state index in [1.54, 1.807) is 42.5 Å². The summed E-state index contributed by atoms with van der Waals surface area (Å²) in [5, 5.41) is 9.03. The van der Waals surface area contributed by atoms with Crippen LogP contribution in [0.2, 0.25) is 0 Å². The molecule has 0 saturated heterocycles. The predicted octanol–water partition coefficient (Wildman–Crippen LogP) is 3.36. The van der Waals surface area contributed by atoms with Crippen LogP contribution < -0.4 is 9.47 Å². The van der Waals surface area contributed by atoms with E-state index in [0.29, 0.717) is 11.3 Å². The molecule has 0 saturated carbocycles. The lowest BCUT2D eigenvalue weighted by Gasteiger charge is -2.12. The number of hydrogen-bond donors (Lipinski definition) is 1. The van der Waals surface area contributed by atoms with Crippen LogP contribution in [-0.2, 0) is 13.2 Å². The summed E-state index contributed by atoms with van der Waals surface area (Å²) in [5.74, 6) is 0.657. The van der Waals surface area contributed by atoms with Crippen molar-refractivity contribution < 1.29 is 23.4 Å². The quantitative estimate of drug-likeness (QED) is 0.881. The molecule has 0 spiro atoms. The van der Waals surface area contributed by atoms with Gasteiger partial charge >= 0.3 is 6.61 Å². The van der Waals surface area contributed by atoms with E-state index in [1.807, 2.05) is 0 Å². The third-order valence-electron chi connectivity index (χ3n) is 2.66. The Morgan fingerprint density at radius 3 is 2.60 bits per heavy atom. The number of ether oxygens (including phenoxy) is 2. The third kappa shape index (κ3) is 3.93. The Kier molecular flexibility index (Phi) is 4.90. The van der Waals surface area contributed by atoms with Crippen molar-refractivity contribution >= 4 is 0 Å². The van der Waals surface area contributed by atoms with Crippen molar-refractivity contribution in [1.82, 2.24) is 0 Å². The lowest BCUT2D eigenvalue weighted by molar-refractivity contribution is -0.0508. The topological polar surface area (TPSA) is 38.7 Å². The van der Waals surface area contributed by atoms with Gasteiger partial charge in [-0.15, -0.1) is 0 Å². The Morgan fingerprint density at radius 1 is 1.05 bits per heavy atom. The first-order valence-corrected chi connectivity index (χ1v) is 6.04. The van der Waals surface area contributed by atoms with Gasteiger partial charge in [-0.1, -0.05) is 30.3 Å². The van der Waals surface area contributed by atoms with Crippen molar-refractivity contribution in [2.24, 2.45) is 0 Å². The van der Waals surface area contributed by atoms with Crippen molar-refractivity contribution in [1.29, 1.82) is 0 Å². The maximum atomic E-state index is 12.3. The number of benzene rings is 2. The van der Waals surface area contributed by atoms with Crippen LogP contribution in [-0.4, -0.2) is 11.7 Å². The van der Waals surface area contributed by atoms with Crippen LogP contribution >= 0.6 is 0 Å². The highest BCUT2D eigenvalue weighted by atomic mass is 19.3. The SMILES string of the molecule is OCc1cccc(OCc2ccccc2OC(F)F)c1. The summed E-state index contributed by atoms with van der Waals surface area (Å²) < 4.78 is 34.5. The molecule has 0 heterocycles. The molecule has 106 valence electrons. The molecule has 2 aromatic carbocycles. The Labute approximate surface area is 115 Å². The molecule has 20 heavy (non-hydrogen) atoms. The zero-order valence-corrected chi connectivity index (χ0v) is 10.6. The van der Waals surface area contributed by atoms with Gasteiger partial charge in [0.15, 0.2) is 0 Å². The van der Waals surface area contributed by atoms with Gasteiger partial charge in [0.1, 0.15) is 18.1 Å². The minimum Gasteiger partial charge on any atom is -0.489 e. The van der Waals surface area contributed by atoms with E-state index in [0.717, 1.165) is 5.56 Å². The van der Waals surface area contributed by atoms with Crippen molar-refractivity contribution in [3.05, 3.63) is 59.7 Å². The number of aliphatic hydroxyl groups is 1. The zero-order chi connectivity index (χ0) is 14.4. The van der Waals surface area contributed by atoms with E-state index in [-0.39, 0.29) is 19.0 Å². The van der Waals surface area contributed by atoms with Gasteiger partial charge in [-0.05, 0) is 23.8 Å². The Hall–Kier alpha value is -2.14. The van der Waals surface area contributed by atoms with Crippen molar-refractivity contribution in [2.45, 2.75) is 19.8 Å². The largest absolute Gasteiger partial charge is 0.489 e. The standard InChI is InChI=1S/C15H14F2O3/c16-15(17)20-14-7-2-1-5-12(14)10-19-13-6-3-4-11(8-13)9-18/h1-8,15,18H,9-10H2. The van der Waals surface area contributed by atoms with Gasteiger partial charge in [0.2, 0.25) is 0 Å². The smallest absolute Gasteiger partial charge is 0.387 e. The Balaban J connectivity index is 2.06. The van der Waals surface area contributed by atoms with Crippen LogP contribution in [0.5, 0.6) is 11.5 Å². The normalized spacial score (nSPS) is 10.6. The molecule has 0 radical (unpaired) electrons. The number of alkyl halides is 2. The summed E-state index contributed by atoms with van der Waals surface area (Å²) in [5.41, 5.74) is 1.25. The number of hydrogen-bond acceptors (Lipinski definition) is 3. The molecule has 0 aliphatic heterocycles. The van der Waals surface area contributed by atoms with E-state index in [2.05, 4.69) is 4.74 Å². The highest BCUT2D eigenvalue weighted by molar-refractivity contribution is 5.34. The molecule has 0 fully saturated rings. The summed E-state index contributed by atoms with van der Waals surface area (Å²) in [7, 11) is 0. The molecular formula is C15H14F2O3. The summed E-state index contributed by atoms with van der Waals surface area (Å²) in [4.78, 5) is 0. The minimum absolute atomic E-state index is 0.0811. The number of aliphatic hydroxyl groups excluding tert-OH is 1. The van der Waals surface area contributed by atoms with E-state index in [1.165, 1.54) is 6.07 Å². The monoisotopic (exact) mass is 280 g/mol. The van der Waals surface area contributed by atoms with Crippen LogP contribution in [0.4, 0.5) is 8.78 Å². The summed E-state index contributed by atoms with van der Waals surface area (Å²) in [6.45, 7) is -2.84. The fourth-order valence-corrected chi connectivity index (χ4v) is 1.73. The maximum absolute atomic E-state index is 12.3. The average molecular weight is 280 g/mol. The predicted molar refractivity (Wildman–Crippen MR) is 69.8 cm³/mol. The van der Waals surface area contributed by atoms with E-state index >= 15 is 0 Å². The Morgan fingerprint density at radius 2 is 1.85 bits per heavy atom. The van der Waals surface area contributed by atoms with Crippen LogP contribution in [0, 0.1) is 0 Å². The first kappa shape index (κ1) is 14.3. The molecule has 3 nitrogen and oxygen atoms in total. The zero-order valence-electron chi connectivity index (χ0n) is 10.6. The molecule has 0 aliphatic carbocycles. The fourth-order valence-electron chi connectivity index (χ4n) is 1.73. The van der Waals surface area contributed by atoms with E-state index < -0.39 is 6.61 Å². The first-order chi connectivity index (χ1) is 9.69. The van der Waals surface area contributed by atoms with Gasteiger partial charge in [-0.3, -0.25) is 0 Å². The van der Waals surface area contributed by atoms with Crippen LogP contribution in [0.3, 0.4) is 0 Å². The van der Waals surface area contributed by atoms with E-state index in [4.69, 9.17) is 9.84 Å². The molecular weight excluding hydrogens is 266 g/mol. The highest BCUT2D eigenvalue weighted by Crippen LogP contribution is 2.22. The average Bonchev–Trinajstić information content (AvgIpc) is 2.46. The van der Waals surface area contributed by atoms with Gasteiger partial charge in [-0.2, -0.15) is 8.78 Å². The molecule has 2 aromatic rings. The van der Waals surface area contributed by atoms with Crippen molar-refractivity contribution in [2.75, 3.05) is 0 Å². The number of para-hydroxylation sites is 1. The molecule has 2 rings (SSSR count). The van der Waals surface area contributed by atoms with Crippen molar-refractivity contribution in [3.8, 4) is 11.5 Å². The lowest BCUT2D eigenvalue weighted by atomic mass is 10.2. The summed E-state index contributed by atoms with van der Waals surface area (Å²) >= 11 is 0. The third-order valence-corrected chi connectivity index (χ3v) is 2.66. The lowest BCUT2D eigenvalue weighted by Crippen LogP contribution is -2.06. The van der Waals surface area contributed by atoms with Gasteiger partial charge in [0.25, 0.3) is 0 Å².